The van der Waals surface area contributed by atoms with Crippen LogP contribution in [-0.4, -0.2) is 11.2 Å². The maximum absolute atomic E-state index is 9.70. The molecule has 0 heterocycles. The average molecular weight is 156 g/mol. The minimum Gasteiger partial charge on any atom is -0.393 e. The van der Waals surface area contributed by atoms with E-state index in [1.54, 1.807) is 0 Å². The molecule has 0 unspecified atom stereocenters. The molecule has 1 rings (SSSR count). The number of rotatable bonds is 0. The average Bonchev–Trinajstić information content (AvgIpc) is 1.86. The molecule has 1 N–H and O–H groups in total. The second kappa shape index (κ2) is 3.14. The van der Waals surface area contributed by atoms with Crippen molar-refractivity contribution in [3.63, 3.8) is 0 Å². The van der Waals surface area contributed by atoms with E-state index in [1.807, 2.05) is 0 Å². The Hall–Kier alpha value is -0.0400. The largest absolute Gasteiger partial charge is 0.393 e. The van der Waals surface area contributed by atoms with E-state index in [0.717, 1.165) is 6.42 Å². The molecule has 0 bridgehead atoms. The Labute approximate surface area is 69.8 Å². The first-order valence-corrected chi connectivity index (χ1v) is 4.70. The van der Waals surface area contributed by atoms with Gasteiger partial charge in [-0.3, -0.25) is 0 Å². The molecule has 1 fully saturated rings. The van der Waals surface area contributed by atoms with Crippen molar-refractivity contribution in [3.8, 4) is 0 Å². The van der Waals surface area contributed by atoms with Crippen molar-refractivity contribution < 1.29 is 5.11 Å². The third kappa shape index (κ3) is 2.19. The first-order chi connectivity index (χ1) is 5.02. The van der Waals surface area contributed by atoms with Gasteiger partial charge >= 0.3 is 0 Å². The molecule has 66 valence electrons. The molecule has 0 aromatic carbocycles. The van der Waals surface area contributed by atoms with Gasteiger partial charge in [0.25, 0.3) is 0 Å². The molecule has 0 aromatic heterocycles. The van der Waals surface area contributed by atoms with Crippen molar-refractivity contribution in [2.24, 2.45) is 11.3 Å². The van der Waals surface area contributed by atoms with Crippen LogP contribution in [0.3, 0.4) is 0 Å². The zero-order valence-electron chi connectivity index (χ0n) is 7.93. The third-order valence-electron chi connectivity index (χ3n) is 2.84. The van der Waals surface area contributed by atoms with Crippen LogP contribution >= 0.6 is 0 Å². The predicted octanol–water partition coefficient (Wildman–Crippen LogP) is 2.58. The summed E-state index contributed by atoms with van der Waals surface area (Å²) in [5.41, 5.74) is 0.292. The van der Waals surface area contributed by atoms with E-state index in [9.17, 15) is 5.11 Å². The SMILES string of the molecule is CC(C)(C)[C@H]1CCCC[C@@H]1O. The van der Waals surface area contributed by atoms with Crippen LogP contribution < -0.4 is 0 Å². The number of hydrogen-bond donors (Lipinski definition) is 1. The quantitative estimate of drug-likeness (QED) is 0.571. The minimum atomic E-state index is -0.0382. The lowest BCUT2D eigenvalue weighted by Crippen LogP contribution is -2.34. The van der Waals surface area contributed by atoms with Crippen molar-refractivity contribution in [3.05, 3.63) is 0 Å². The first kappa shape index (κ1) is 9.05. The van der Waals surface area contributed by atoms with E-state index in [-0.39, 0.29) is 6.10 Å². The van der Waals surface area contributed by atoms with Gasteiger partial charge in [-0.05, 0) is 24.2 Å². The van der Waals surface area contributed by atoms with Crippen LogP contribution in [0.15, 0.2) is 0 Å². The summed E-state index contributed by atoms with van der Waals surface area (Å²) in [6.07, 6.45) is 4.71. The van der Waals surface area contributed by atoms with Crippen LogP contribution in [0.1, 0.15) is 46.5 Å². The lowest BCUT2D eigenvalue weighted by atomic mass is 9.71. The Balaban J connectivity index is 2.55. The number of hydrogen-bond acceptors (Lipinski definition) is 1. The predicted molar refractivity (Wildman–Crippen MR) is 47.4 cm³/mol. The van der Waals surface area contributed by atoms with E-state index in [0.29, 0.717) is 11.3 Å². The second-order valence-corrected chi connectivity index (χ2v) is 4.82. The molecule has 0 aromatic rings. The lowest BCUT2D eigenvalue weighted by Gasteiger charge is -2.37. The van der Waals surface area contributed by atoms with E-state index in [1.165, 1.54) is 19.3 Å². The van der Waals surface area contributed by atoms with Gasteiger partial charge in [0, 0.05) is 0 Å². The minimum absolute atomic E-state index is 0.0382. The first-order valence-electron chi connectivity index (χ1n) is 4.70. The molecule has 0 amide bonds. The molecule has 0 aliphatic heterocycles. The summed E-state index contributed by atoms with van der Waals surface area (Å²) in [7, 11) is 0. The Morgan fingerprint density at radius 3 is 2.00 bits per heavy atom. The number of aliphatic hydroxyl groups excluding tert-OH is 1. The van der Waals surface area contributed by atoms with Gasteiger partial charge in [-0.15, -0.1) is 0 Å². The van der Waals surface area contributed by atoms with Crippen molar-refractivity contribution in [1.29, 1.82) is 0 Å². The summed E-state index contributed by atoms with van der Waals surface area (Å²) < 4.78 is 0. The highest BCUT2D eigenvalue weighted by molar-refractivity contribution is 4.83. The molecule has 1 nitrogen and oxygen atoms in total. The summed E-state index contributed by atoms with van der Waals surface area (Å²) in [6, 6.07) is 0. The van der Waals surface area contributed by atoms with E-state index >= 15 is 0 Å². The fraction of sp³-hybridized carbons (Fsp3) is 1.00. The Bertz CT molecular complexity index is 123. The third-order valence-corrected chi connectivity index (χ3v) is 2.84. The van der Waals surface area contributed by atoms with E-state index in [4.69, 9.17) is 0 Å². The second-order valence-electron chi connectivity index (χ2n) is 4.82. The standard InChI is InChI=1S/C10H20O/c1-10(2,3)8-6-4-5-7-9(8)11/h8-9,11H,4-7H2,1-3H3/t8-,9-/m0/s1. The Morgan fingerprint density at radius 1 is 1.09 bits per heavy atom. The van der Waals surface area contributed by atoms with Gasteiger partial charge in [0.05, 0.1) is 6.10 Å². The highest BCUT2D eigenvalue weighted by atomic mass is 16.3. The topological polar surface area (TPSA) is 20.2 Å². The smallest absolute Gasteiger partial charge is 0.0573 e. The van der Waals surface area contributed by atoms with Crippen LogP contribution in [0.5, 0.6) is 0 Å². The van der Waals surface area contributed by atoms with Gasteiger partial charge in [-0.1, -0.05) is 33.6 Å². The van der Waals surface area contributed by atoms with Crippen LogP contribution in [0, 0.1) is 11.3 Å². The molecule has 1 aliphatic carbocycles. The zero-order chi connectivity index (χ0) is 8.48. The van der Waals surface area contributed by atoms with Crippen LogP contribution in [0.2, 0.25) is 0 Å². The molecule has 0 spiro atoms. The van der Waals surface area contributed by atoms with Crippen molar-refractivity contribution in [2.45, 2.75) is 52.6 Å². The van der Waals surface area contributed by atoms with E-state index < -0.39 is 0 Å². The maximum Gasteiger partial charge on any atom is 0.0573 e. The van der Waals surface area contributed by atoms with Gasteiger partial charge in [-0.2, -0.15) is 0 Å². The van der Waals surface area contributed by atoms with Crippen LogP contribution in [-0.2, 0) is 0 Å². The van der Waals surface area contributed by atoms with Gasteiger partial charge in [0.2, 0.25) is 0 Å². The normalized spacial score (nSPS) is 33.8. The van der Waals surface area contributed by atoms with Gasteiger partial charge < -0.3 is 5.11 Å². The van der Waals surface area contributed by atoms with Gasteiger partial charge in [-0.25, -0.2) is 0 Å². The molecule has 1 heteroatoms. The molecule has 1 saturated carbocycles. The van der Waals surface area contributed by atoms with Gasteiger partial charge in [0.15, 0.2) is 0 Å². The molecule has 0 saturated heterocycles. The van der Waals surface area contributed by atoms with Crippen molar-refractivity contribution >= 4 is 0 Å². The summed E-state index contributed by atoms with van der Waals surface area (Å²) in [4.78, 5) is 0. The highest BCUT2D eigenvalue weighted by Gasteiger charge is 2.32. The summed E-state index contributed by atoms with van der Waals surface area (Å²) in [6.45, 7) is 6.69. The molecule has 2 atom stereocenters. The molecule has 11 heavy (non-hydrogen) atoms. The molecule has 0 radical (unpaired) electrons. The summed E-state index contributed by atoms with van der Waals surface area (Å²) >= 11 is 0. The molecular formula is C10H20O. The monoisotopic (exact) mass is 156 g/mol. The fourth-order valence-corrected chi connectivity index (χ4v) is 2.12. The zero-order valence-corrected chi connectivity index (χ0v) is 7.93. The van der Waals surface area contributed by atoms with E-state index in [2.05, 4.69) is 20.8 Å². The van der Waals surface area contributed by atoms with Crippen molar-refractivity contribution in [1.82, 2.24) is 0 Å². The summed E-state index contributed by atoms with van der Waals surface area (Å²) in [5.74, 6) is 0.524. The molecule has 1 aliphatic rings. The Kier molecular flexibility index (Phi) is 2.58. The van der Waals surface area contributed by atoms with Crippen LogP contribution in [0.25, 0.3) is 0 Å². The van der Waals surface area contributed by atoms with Crippen LogP contribution in [0.4, 0.5) is 0 Å². The number of aliphatic hydroxyl groups is 1. The molecular weight excluding hydrogens is 136 g/mol. The Morgan fingerprint density at radius 2 is 1.64 bits per heavy atom. The fourth-order valence-electron chi connectivity index (χ4n) is 2.12. The highest BCUT2D eigenvalue weighted by Crippen LogP contribution is 2.37. The summed E-state index contributed by atoms with van der Waals surface area (Å²) in [5, 5.41) is 9.70. The lowest BCUT2D eigenvalue weighted by molar-refractivity contribution is 0.0105. The maximum atomic E-state index is 9.70. The van der Waals surface area contributed by atoms with Gasteiger partial charge in [0.1, 0.15) is 0 Å². The van der Waals surface area contributed by atoms with Crippen molar-refractivity contribution in [2.75, 3.05) is 0 Å².